The highest BCUT2D eigenvalue weighted by atomic mass is 19.3. The molecule has 0 aliphatic carbocycles. The topological polar surface area (TPSA) is 0 Å². The molecule has 15 heavy (non-hydrogen) atoms. The summed E-state index contributed by atoms with van der Waals surface area (Å²) in [5.74, 6) is -2.90. The fourth-order valence-corrected chi connectivity index (χ4v) is 1.73. The standard InChI is InChI=1S/C13H11F2/c1-13(14,15)9-11-7-4-6-10-5-2-3-8-12(10)11/h2-8H,1,9H2. The normalized spacial score (nSPS) is 11.9. The number of halogens is 2. The van der Waals surface area contributed by atoms with E-state index in [9.17, 15) is 8.78 Å². The van der Waals surface area contributed by atoms with Crippen molar-refractivity contribution in [2.24, 2.45) is 0 Å². The maximum atomic E-state index is 12.8. The van der Waals surface area contributed by atoms with Crippen molar-refractivity contribution in [1.29, 1.82) is 0 Å². The fourth-order valence-electron chi connectivity index (χ4n) is 1.73. The Kier molecular flexibility index (Phi) is 2.43. The molecule has 0 aromatic heterocycles. The van der Waals surface area contributed by atoms with Gasteiger partial charge in [-0.2, -0.15) is 0 Å². The van der Waals surface area contributed by atoms with Crippen LogP contribution >= 0.6 is 0 Å². The minimum Gasteiger partial charge on any atom is -0.207 e. The average Bonchev–Trinajstić information content (AvgIpc) is 2.16. The Labute approximate surface area is 87.5 Å². The van der Waals surface area contributed by atoms with Crippen LogP contribution in [0.3, 0.4) is 0 Å². The molecule has 0 unspecified atom stereocenters. The van der Waals surface area contributed by atoms with Crippen LogP contribution in [0, 0.1) is 6.92 Å². The fraction of sp³-hybridized carbons (Fsp3) is 0.154. The second kappa shape index (κ2) is 3.61. The number of hydrogen-bond donors (Lipinski definition) is 0. The van der Waals surface area contributed by atoms with Gasteiger partial charge in [-0.1, -0.05) is 42.5 Å². The van der Waals surface area contributed by atoms with Gasteiger partial charge < -0.3 is 0 Å². The lowest BCUT2D eigenvalue weighted by atomic mass is 10.00. The molecule has 0 nitrogen and oxygen atoms in total. The third kappa shape index (κ3) is 2.32. The smallest absolute Gasteiger partial charge is 0.207 e. The van der Waals surface area contributed by atoms with Crippen LogP contribution in [-0.2, 0) is 6.42 Å². The molecule has 0 amide bonds. The van der Waals surface area contributed by atoms with Crippen LogP contribution in [0.25, 0.3) is 10.8 Å². The summed E-state index contributed by atoms with van der Waals surface area (Å²) in [5, 5.41) is 1.86. The third-order valence-electron chi connectivity index (χ3n) is 2.33. The van der Waals surface area contributed by atoms with Crippen molar-refractivity contribution in [3.8, 4) is 0 Å². The quantitative estimate of drug-likeness (QED) is 0.698. The van der Waals surface area contributed by atoms with Crippen LogP contribution in [0.4, 0.5) is 8.78 Å². The first-order valence-corrected chi connectivity index (χ1v) is 4.76. The largest absolute Gasteiger partial charge is 0.252 e. The second-order valence-electron chi connectivity index (χ2n) is 3.67. The van der Waals surface area contributed by atoms with E-state index in [-0.39, 0.29) is 6.42 Å². The molecule has 0 aliphatic rings. The van der Waals surface area contributed by atoms with E-state index in [1.165, 1.54) is 0 Å². The number of rotatable bonds is 2. The molecule has 2 aromatic carbocycles. The van der Waals surface area contributed by atoms with Crippen molar-refractivity contribution in [2.45, 2.75) is 12.3 Å². The highest BCUT2D eigenvalue weighted by molar-refractivity contribution is 5.85. The van der Waals surface area contributed by atoms with Crippen LogP contribution in [0.15, 0.2) is 42.5 Å². The number of fused-ring (bicyclic) bond motifs is 1. The Morgan fingerprint density at radius 1 is 1.00 bits per heavy atom. The van der Waals surface area contributed by atoms with Crippen LogP contribution < -0.4 is 0 Å². The molecule has 77 valence electrons. The molecule has 0 saturated carbocycles. The lowest BCUT2D eigenvalue weighted by Gasteiger charge is -2.11. The monoisotopic (exact) mass is 205 g/mol. The van der Waals surface area contributed by atoms with Crippen LogP contribution in [-0.4, -0.2) is 5.92 Å². The van der Waals surface area contributed by atoms with E-state index >= 15 is 0 Å². The van der Waals surface area contributed by atoms with Gasteiger partial charge >= 0.3 is 0 Å². The first-order valence-electron chi connectivity index (χ1n) is 4.76. The molecular weight excluding hydrogens is 194 g/mol. The zero-order chi connectivity index (χ0) is 10.9. The Balaban J connectivity index is 2.52. The molecule has 0 saturated heterocycles. The summed E-state index contributed by atoms with van der Waals surface area (Å²) in [6, 6.07) is 13.0. The first kappa shape index (κ1) is 10.1. The predicted molar refractivity (Wildman–Crippen MR) is 58.0 cm³/mol. The Bertz CT molecular complexity index is 464. The Morgan fingerprint density at radius 3 is 2.40 bits per heavy atom. The summed E-state index contributed by atoms with van der Waals surface area (Å²) in [6.45, 7) is 2.84. The van der Waals surface area contributed by atoms with Crippen molar-refractivity contribution >= 4 is 10.8 Å². The summed E-state index contributed by atoms with van der Waals surface area (Å²) >= 11 is 0. The van der Waals surface area contributed by atoms with E-state index < -0.39 is 5.92 Å². The highest BCUT2D eigenvalue weighted by Gasteiger charge is 2.22. The molecular formula is C13H11F2. The van der Waals surface area contributed by atoms with Crippen molar-refractivity contribution in [3.63, 3.8) is 0 Å². The van der Waals surface area contributed by atoms with Gasteiger partial charge in [-0.05, 0) is 16.3 Å². The van der Waals surface area contributed by atoms with Gasteiger partial charge in [0.1, 0.15) is 0 Å². The highest BCUT2D eigenvalue weighted by Crippen LogP contribution is 2.24. The zero-order valence-corrected chi connectivity index (χ0v) is 8.21. The molecule has 0 aliphatic heterocycles. The SMILES string of the molecule is [CH2]C(F)(F)Cc1cccc2ccccc12. The van der Waals surface area contributed by atoms with Gasteiger partial charge in [-0.3, -0.25) is 0 Å². The molecule has 0 spiro atoms. The lowest BCUT2D eigenvalue weighted by Crippen LogP contribution is -2.14. The van der Waals surface area contributed by atoms with Gasteiger partial charge in [0.05, 0.1) is 0 Å². The summed E-state index contributed by atoms with van der Waals surface area (Å²) in [6.07, 6.45) is -0.311. The van der Waals surface area contributed by atoms with Crippen LogP contribution in [0.5, 0.6) is 0 Å². The molecule has 1 radical (unpaired) electrons. The van der Waals surface area contributed by atoms with E-state index in [0.717, 1.165) is 10.8 Å². The summed E-state index contributed by atoms with van der Waals surface area (Å²) in [4.78, 5) is 0. The molecule has 0 bridgehead atoms. The zero-order valence-electron chi connectivity index (χ0n) is 8.21. The Hall–Kier alpha value is -1.44. The summed E-state index contributed by atoms with van der Waals surface area (Å²) in [5.41, 5.74) is 0.646. The van der Waals surface area contributed by atoms with Crippen molar-refractivity contribution < 1.29 is 8.78 Å². The first-order chi connectivity index (χ1) is 7.06. The molecule has 0 atom stereocenters. The predicted octanol–water partition coefficient (Wildman–Crippen LogP) is 3.85. The third-order valence-corrected chi connectivity index (χ3v) is 2.33. The van der Waals surface area contributed by atoms with Crippen molar-refractivity contribution in [3.05, 3.63) is 55.0 Å². The van der Waals surface area contributed by atoms with E-state index in [1.54, 1.807) is 12.1 Å². The minimum atomic E-state index is -2.90. The van der Waals surface area contributed by atoms with Gasteiger partial charge in [-0.15, -0.1) is 0 Å². The van der Waals surface area contributed by atoms with E-state index in [2.05, 4.69) is 6.92 Å². The maximum Gasteiger partial charge on any atom is 0.252 e. The number of benzene rings is 2. The van der Waals surface area contributed by atoms with Gasteiger partial charge in [0.15, 0.2) is 0 Å². The minimum absolute atomic E-state index is 0.311. The van der Waals surface area contributed by atoms with Gasteiger partial charge in [0.2, 0.25) is 0 Å². The van der Waals surface area contributed by atoms with E-state index in [1.807, 2.05) is 30.3 Å². The van der Waals surface area contributed by atoms with Gasteiger partial charge in [0.25, 0.3) is 5.92 Å². The van der Waals surface area contributed by atoms with Crippen molar-refractivity contribution in [1.82, 2.24) is 0 Å². The number of alkyl halides is 2. The second-order valence-corrected chi connectivity index (χ2v) is 3.67. The van der Waals surface area contributed by atoms with E-state index in [4.69, 9.17) is 0 Å². The maximum absolute atomic E-state index is 12.8. The molecule has 0 heterocycles. The summed E-state index contributed by atoms with van der Waals surface area (Å²) in [7, 11) is 0. The number of hydrogen-bond acceptors (Lipinski definition) is 0. The van der Waals surface area contributed by atoms with Crippen LogP contribution in [0.1, 0.15) is 5.56 Å². The van der Waals surface area contributed by atoms with Crippen LogP contribution in [0.2, 0.25) is 0 Å². The summed E-state index contributed by atoms with van der Waals surface area (Å²) < 4.78 is 25.6. The molecule has 0 fully saturated rings. The van der Waals surface area contributed by atoms with Crippen molar-refractivity contribution in [2.75, 3.05) is 0 Å². The van der Waals surface area contributed by atoms with E-state index in [0.29, 0.717) is 5.56 Å². The van der Waals surface area contributed by atoms with Gasteiger partial charge in [0, 0.05) is 13.3 Å². The van der Waals surface area contributed by atoms with Gasteiger partial charge in [-0.25, -0.2) is 8.78 Å². The molecule has 2 aromatic rings. The average molecular weight is 205 g/mol. The molecule has 2 heteroatoms. The lowest BCUT2D eigenvalue weighted by molar-refractivity contribution is 0.0528. The molecule has 0 N–H and O–H groups in total. The molecule has 2 rings (SSSR count). The Morgan fingerprint density at radius 2 is 1.67 bits per heavy atom.